The molecule has 8 heteroatoms. The van der Waals surface area contributed by atoms with Crippen LogP contribution in [-0.2, 0) is 9.53 Å². The Balaban J connectivity index is 1.99. The van der Waals surface area contributed by atoms with Gasteiger partial charge in [0.1, 0.15) is 11.6 Å². The Hall–Kier alpha value is -3.42. The molecule has 0 aliphatic heterocycles. The summed E-state index contributed by atoms with van der Waals surface area (Å²) in [6.07, 6.45) is -1.17. The monoisotopic (exact) mass is 360 g/mol. The third-order valence-electron chi connectivity index (χ3n) is 3.49. The lowest BCUT2D eigenvalue weighted by Crippen LogP contribution is -2.30. The van der Waals surface area contributed by atoms with Crippen LogP contribution in [0.15, 0.2) is 42.5 Å². The Morgan fingerprint density at radius 1 is 1.12 bits per heavy atom. The first-order chi connectivity index (χ1) is 12.3. The number of primary amides is 1. The van der Waals surface area contributed by atoms with Gasteiger partial charge in [-0.3, -0.25) is 9.59 Å². The maximum Gasteiger partial charge on any atom is 0.341 e. The third kappa shape index (κ3) is 4.56. The summed E-state index contributed by atoms with van der Waals surface area (Å²) in [7, 11) is 1.37. The van der Waals surface area contributed by atoms with Crippen LogP contribution in [0.4, 0.5) is 10.1 Å². The van der Waals surface area contributed by atoms with Gasteiger partial charge in [0.15, 0.2) is 6.10 Å². The fourth-order valence-electron chi connectivity index (χ4n) is 2.03. The van der Waals surface area contributed by atoms with E-state index in [2.05, 4.69) is 5.32 Å². The standard InChI is InChI=1S/C18H17FN2O5/c1-10(17(23)21-12-5-3-11(4-6-12)16(20)22)26-18(24)14-8-7-13(25-2)9-15(14)19/h3-10H,1-2H3,(H2,20,22)(H,21,23)/t10-/m1/s1. The van der Waals surface area contributed by atoms with Crippen molar-refractivity contribution in [2.45, 2.75) is 13.0 Å². The molecule has 3 N–H and O–H groups in total. The van der Waals surface area contributed by atoms with E-state index in [-0.39, 0.29) is 16.9 Å². The molecule has 0 aliphatic carbocycles. The Morgan fingerprint density at radius 2 is 1.77 bits per heavy atom. The third-order valence-corrected chi connectivity index (χ3v) is 3.49. The molecule has 2 aromatic rings. The summed E-state index contributed by atoms with van der Waals surface area (Å²) in [5.74, 6) is -2.74. The molecule has 0 aromatic heterocycles. The lowest BCUT2D eigenvalue weighted by atomic mass is 10.2. The molecule has 2 aromatic carbocycles. The highest BCUT2D eigenvalue weighted by atomic mass is 19.1. The molecule has 0 radical (unpaired) electrons. The van der Waals surface area contributed by atoms with Crippen molar-refractivity contribution in [1.82, 2.24) is 0 Å². The zero-order chi connectivity index (χ0) is 19.3. The molecule has 136 valence electrons. The van der Waals surface area contributed by atoms with Crippen molar-refractivity contribution in [2.24, 2.45) is 5.73 Å². The molecule has 0 unspecified atom stereocenters. The summed E-state index contributed by atoms with van der Waals surface area (Å²) in [4.78, 5) is 35.1. The normalized spacial score (nSPS) is 11.3. The number of anilines is 1. The molecular formula is C18H17FN2O5. The van der Waals surface area contributed by atoms with E-state index in [1.54, 1.807) is 0 Å². The number of ether oxygens (including phenoxy) is 2. The molecule has 0 bridgehead atoms. The van der Waals surface area contributed by atoms with E-state index in [1.807, 2.05) is 0 Å². The molecule has 0 heterocycles. The van der Waals surface area contributed by atoms with E-state index < -0.39 is 29.7 Å². The Morgan fingerprint density at radius 3 is 2.31 bits per heavy atom. The van der Waals surface area contributed by atoms with Gasteiger partial charge in [-0.2, -0.15) is 0 Å². The molecule has 0 saturated heterocycles. The number of carbonyl (C=O) groups excluding carboxylic acids is 3. The van der Waals surface area contributed by atoms with Crippen molar-refractivity contribution in [3.05, 3.63) is 59.4 Å². The van der Waals surface area contributed by atoms with E-state index in [0.29, 0.717) is 5.69 Å². The van der Waals surface area contributed by atoms with Crippen LogP contribution in [0.2, 0.25) is 0 Å². The molecule has 26 heavy (non-hydrogen) atoms. The lowest BCUT2D eigenvalue weighted by Gasteiger charge is -2.14. The summed E-state index contributed by atoms with van der Waals surface area (Å²) in [5, 5.41) is 2.52. The van der Waals surface area contributed by atoms with Gasteiger partial charge in [0.2, 0.25) is 5.91 Å². The number of rotatable bonds is 6. The highest BCUT2D eigenvalue weighted by Gasteiger charge is 2.21. The minimum atomic E-state index is -1.17. The number of benzene rings is 2. The van der Waals surface area contributed by atoms with Gasteiger partial charge in [-0.1, -0.05) is 0 Å². The Bertz CT molecular complexity index is 836. The fraction of sp³-hybridized carbons (Fsp3) is 0.167. The number of halogens is 1. The number of hydrogen-bond donors (Lipinski definition) is 2. The number of nitrogens with two attached hydrogens (primary N) is 1. The van der Waals surface area contributed by atoms with Crippen LogP contribution < -0.4 is 15.8 Å². The summed E-state index contributed by atoms with van der Waals surface area (Å²) < 4.78 is 23.7. The van der Waals surface area contributed by atoms with Crippen LogP contribution in [0.3, 0.4) is 0 Å². The van der Waals surface area contributed by atoms with Crippen LogP contribution in [0.25, 0.3) is 0 Å². The molecule has 2 amide bonds. The first kappa shape index (κ1) is 18.9. The SMILES string of the molecule is COc1ccc(C(=O)O[C@H](C)C(=O)Nc2ccc(C(N)=O)cc2)c(F)c1. The largest absolute Gasteiger partial charge is 0.497 e. The van der Waals surface area contributed by atoms with Crippen molar-refractivity contribution in [2.75, 3.05) is 12.4 Å². The van der Waals surface area contributed by atoms with Gasteiger partial charge in [0.25, 0.3) is 5.91 Å². The predicted octanol–water partition coefficient (Wildman–Crippen LogP) is 2.12. The van der Waals surface area contributed by atoms with Crippen molar-refractivity contribution in [3.63, 3.8) is 0 Å². The molecule has 1 atom stereocenters. The number of hydrogen-bond acceptors (Lipinski definition) is 5. The van der Waals surface area contributed by atoms with Crippen LogP contribution >= 0.6 is 0 Å². The molecule has 0 aliphatic rings. The quantitative estimate of drug-likeness (QED) is 0.767. The average Bonchev–Trinajstić information content (AvgIpc) is 2.61. The molecule has 0 saturated carbocycles. The number of nitrogens with one attached hydrogen (secondary N) is 1. The summed E-state index contributed by atoms with van der Waals surface area (Å²) >= 11 is 0. The highest BCUT2D eigenvalue weighted by Crippen LogP contribution is 2.18. The first-order valence-corrected chi connectivity index (χ1v) is 7.57. The predicted molar refractivity (Wildman–Crippen MR) is 91.4 cm³/mol. The van der Waals surface area contributed by atoms with Gasteiger partial charge in [-0.05, 0) is 43.3 Å². The number of esters is 1. The maximum atomic E-state index is 13.9. The van der Waals surface area contributed by atoms with Gasteiger partial charge in [-0.15, -0.1) is 0 Å². The van der Waals surface area contributed by atoms with Crippen molar-refractivity contribution < 1.29 is 28.2 Å². The van der Waals surface area contributed by atoms with E-state index in [4.69, 9.17) is 15.2 Å². The summed E-state index contributed by atoms with van der Waals surface area (Å²) in [5.41, 5.74) is 5.50. The van der Waals surface area contributed by atoms with Gasteiger partial charge in [0, 0.05) is 17.3 Å². The number of amides is 2. The minimum absolute atomic E-state index is 0.254. The highest BCUT2D eigenvalue weighted by molar-refractivity contribution is 5.98. The van der Waals surface area contributed by atoms with E-state index in [9.17, 15) is 18.8 Å². The Labute approximate surface area is 148 Å². The van der Waals surface area contributed by atoms with Crippen molar-refractivity contribution >= 4 is 23.5 Å². The molecule has 2 rings (SSSR count). The average molecular weight is 360 g/mol. The number of methoxy groups -OCH3 is 1. The zero-order valence-corrected chi connectivity index (χ0v) is 14.1. The zero-order valence-electron chi connectivity index (χ0n) is 14.1. The maximum absolute atomic E-state index is 13.9. The van der Waals surface area contributed by atoms with Crippen molar-refractivity contribution in [1.29, 1.82) is 0 Å². The minimum Gasteiger partial charge on any atom is -0.497 e. The van der Waals surface area contributed by atoms with E-state index >= 15 is 0 Å². The first-order valence-electron chi connectivity index (χ1n) is 7.57. The van der Waals surface area contributed by atoms with Gasteiger partial charge in [0.05, 0.1) is 12.7 Å². The second-order valence-corrected chi connectivity index (χ2v) is 5.32. The number of carbonyl (C=O) groups is 3. The second kappa shape index (κ2) is 8.11. The topological polar surface area (TPSA) is 108 Å². The van der Waals surface area contributed by atoms with Crippen LogP contribution in [0.1, 0.15) is 27.6 Å². The van der Waals surface area contributed by atoms with Crippen LogP contribution in [-0.4, -0.2) is 31.0 Å². The molecule has 0 fully saturated rings. The Kier molecular flexibility index (Phi) is 5.90. The van der Waals surface area contributed by atoms with Crippen LogP contribution in [0.5, 0.6) is 5.75 Å². The fourth-order valence-corrected chi connectivity index (χ4v) is 2.03. The van der Waals surface area contributed by atoms with E-state index in [0.717, 1.165) is 6.07 Å². The van der Waals surface area contributed by atoms with Crippen LogP contribution in [0, 0.1) is 5.82 Å². The van der Waals surface area contributed by atoms with E-state index in [1.165, 1.54) is 50.4 Å². The molecular weight excluding hydrogens is 343 g/mol. The lowest BCUT2D eigenvalue weighted by molar-refractivity contribution is -0.123. The summed E-state index contributed by atoms with van der Waals surface area (Å²) in [6, 6.07) is 9.52. The van der Waals surface area contributed by atoms with Gasteiger partial charge in [-0.25, -0.2) is 9.18 Å². The van der Waals surface area contributed by atoms with Crippen molar-refractivity contribution in [3.8, 4) is 5.75 Å². The molecule has 0 spiro atoms. The molecule has 7 nitrogen and oxygen atoms in total. The second-order valence-electron chi connectivity index (χ2n) is 5.32. The summed E-state index contributed by atoms with van der Waals surface area (Å²) in [6.45, 7) is 1.35. The smallest absolute Gasteiger partial charge is 0.341 e. The van der Waals surface area contributed by atoms with Gasteiger partial charge >= 0.3 is 5.97 Å². The van der Waals surface area contributed by atoms with Gasteiger partial charge < -0.3 is 20.5 Å².